The number of hydrogen-bond donors (Lipinski definition) is 2. The van der Waals surface area contributed by atoms with E-state index >= 15 is 0 Å². The van der Waals surface area contributed by atoms with E-state index in [1.165, 1.54) is 18.4 Å². The van der Waals surface area contributed by atoms with Crippen LogP contribution >= 0.6 is 0 Å². The highest BCUT2D eigenvalue weighted by Gasteiger charge is 2.32. The van der Waals surface area contributed by atoms with Crippen LogP contribution in [0.2, 0.25) is 0 Å². The van der Waals surface area contributed by atoms with Crippen molar-refractivity contribution >= 4 is 5.57 Å². The van der Waals surface area contributed by atoms with E-state index in [-0.39, 0.29) is 5.41 Å². The molecule has 0 amide bonds. The van der Waals surface area contributed by atoms with Crippen molar-refractivity contribution in [1.82, 2.24) is 5.32 Å². The lowest BCUT2D eigenvalue weighted by Crippen LogP contribution is -2.35. The minimum Gasteiger partial charge on any atom is -0.396 e. The molecule has 0 heterocycles. The van der Waals surface area contributed by atoms with Crippen LogP contribution in [-0.4, -0.2) is 24.8 Å². The minimum atomic E-state index is 0.122. The van der Waals surface area contributed by atoms with Gasteiger partial charge in [0, 0.05) is 25.1 Å². The molecule has 0 bridgehead atoms. The second kappa shape index (κ2) is 6.17. The van der Waals surface area contributed by atoms with Gasteiger partial charge in [-0.3, -0.25) is 0 Å². The highest BCUT2D eigenvalue weighted by Crippen LogP contribution is 2.36. The van der Waals surface area contributed by atoms with Crippen molar-refractivity contribution in [2.24, 2.45) is 5.41 Å². The van der Waals surface area contributed by atoms with Crippen molar-refractivity contribution in [3.05, 3.63) is 42.5 Å². The molecule has 1 aromatic carbocycles. The summed E-state index contributed by atoms with van der Waals surface area (Å²) in [5.74, 6) is 0. The summed E-state index contributed by atoms with van der Waals surface area (Å²) in [6.45, 7) is 6.11. The molecule has 98 valence electrons. The molecular formula is C16H23NO. The molecule has 0 atom stereocenters. The summed E-state index contributed by atoms with van der Waals surface area (Å²) in [6, 6.07) is 10.3. The molecule has 1 aliphatic carbocycles. The molecule has 1 saturated carbocycles. The van der Waals surface area contributed by atoms with Crippen LogP contribution < -0.4 is 5.32 Å². The van der Waals surface area contributed by atoms with E-state index < -0.39 is 0 Å². The minimum absolute atomic E-state index is 0.122. The van der Waals surface area contributed by atoms with E-state index in [1.807, 2.05) is 18.2 Å². The second-order valence-corrected chi connectivity index (χ2v) is 5.44. The Morgan fingerprint density at radius 3 is 2.50 bits per heavy atom. The van der Waals surface area contributed by atoms with Gasteiger partial charge in [-0.1, -0.05) is 49.8 Å². The summed E-state index contributed by atoms with van der Waals surface area (Å²) in [5.41, 5.74) is 2.42. The summed E-state index contributed by atoms with van der Waals surface area (Å²) in [6.07, 6.45) is 4.80. The average molecular weight is 245 g/mol. The molecule has 2 heteroatoms. The Morgan fingerprint density at radius 1 is 1.22 bits per heavy atom. The number of nitrogens with one attached hydrogen (secondary N) is 1. The molecule has 0 spiro atoms. The maximum absolute atomic E-state index is 9.54. The normalized spacial score (nSPS) is 17.8. The Labute approximate surface area is 110 Å². The smallest absolute Gasteiger partial charge is 0.0499 e. The van der Waals surface area contributed by atoms with Crippen LogP contribution in [0, 0.1) is 5.41 Å². The Kier molecular flexibility index (Phi) is 4.56. The third-order valence-corrected chi connectivity index (χ3v) is 4.02. The van der Waals surface area contributed by atoms with Crippen molar-refractivity contribution in [2.45, 2.75) is 25.7 Å². The first-order chi connectivity index (χ1) is 8.76. The molecule has 1 aliphatic rings. The maximum Gasteiger partial charge on any atom is 0.0499 e. The first kappa shape index (κ1) is 13.3. The predicted molar refractivity (Wildman–Crippen MR) is 76.3 cm³/mol. The van der Waals surface area contributed by atoms with E-state index in [0.717, 1.165) is 31.5 Å². The lowest BCUT2D eigenvalue weighted by Gasteiger charge is -2.27. The Bertz CT molecular complexity index is 379. The summed E-state index contributed by atoms with van der Waals surface area (Å²) in [4.78, 5) is 0. The Hall–Kier alpha value is -1.12. The van der Waals surface area contributed by atoms with Crippen LogP contribution in [0.25, 0.3) is 5.57 Å². The summed E-state index contributed by atoms with van der Waals surface area (Å²) in [7, 11) is 0. The van der Waals surface area contributed by atoms with Crippen LogP contribution in [0.5, 0.6) is 0 Å². The first-order valence-corrected chi connectivity index (χ1v) is 6.81. The quantitative estimate of drug-likeness (QED) is 0.807. The van der Waals surface area contributed by atoms with Crippen molar-refractivity contribution in [2.75, 3.05) is 19.7 Å². The Balaban J connectivity index is 1.80. The van der Waals surface area contributed by atoms with Crippen molar-refractivity contribution < 1.29 is 5.11 Å². The molecule has 2 N–H and O–H groups in total. The van der Waals surface area contributed by atoms with E-state index in [2.05, 4.69) is 24.0 Å². The van der Waals surface area contributed by atoms with Gasteiger partial charge in [0.2, 0.25) is 0 Å². The fraction of sp³-hybridized carbons (Fsp3) is 0.500. The van der Waals surface area contributed by atoms with E-state index in [0.29, 0.717) is 6.61 Å². The van der Waals surface area contributed by atoms with Gasteiger partial charge >= 0.3 is 0 Å². The van der Waals surface area contributed by atoms with Crippen molar-refractivity contribution in [3.8, 4) is 0 Å². The van der Waals surface area contributed by atoms with E-state index in [9.17, 15) is 5.11 Å². The fourth-order valence-electron chi connectivity index (χ4n) is 2.77. The molecule has 2 nitrogen and oxygen atoms in total. The zero-order valence-corrected chi connectivity index (χ0v) is 11.0. The molecule has 0 aliphatic heterocycles. The molecule has 0 radical (unpaired) electrons. The molecule has 18 heavy (non-hydrogen) atoms. The third kappa shape index (κ3) is 3.21. The zero-order chi connectivity index (χ0) is 12.8. The van der Waals surface area contributed by atoms with Crippen LogP contribution in [0.4, 0.5) is 0 Å². The molecular weight excluding hydrogens is 222 g/mol. The third-order valence-electron chi connectivity index (χ3n) is 4.02. The first-order valence-electron chi connectivity index (χ1n) is 6.81. The molecule has 1 fully saturated rings. The molecule has 0 unspecified atom stereocenters. The number of benzene rings is 1. The fourth-order valence-corrected chi connectivity index (χ4v) is 2.77. The molecule has 2 rings (SSSR count). The molecule has 1 aromatic rings. The maximum atomic E-state index is 9.54. The predicted octanol–water partition coefficient (Wildman–Crippen LogP) is 2.84. The van der Waals surface area contributed by atoms with Crippen LogP contribution in [-0.2, 0) is 0 Å². The van der Waals surface area contributed by atoms with Gasteiger partial charge in [-0.2, -0.15) is 0 Å². The molecule has 0 aromatic heterocycles. The topological polar surface area (TPSA) is 32.3 Å². The lowest BCUT2D eigenvalue weighted by atomic mass is 9.87. The standard InChI is InChI=1S/C16H23NO/c1-14(15-7-3-2-4-8-15)11-17-12-16(13-18)9-5-6-10-16/h2-4,7-8,17-18H,1,5-6,9-13H2. The summed E-state index contributed by atoms with van der Waals surface area (Å²) < 4.78 is 0. The van der Waals surface area contributed by atoms with Gasteiger partial charge in [-0.15, -0.1) is 0 Å². The van der Waals surface area contributed by atoms with E-state index in [1.54, 1.807) is 0 Å². The number of rotatable bonds is 6. The van der Waals surface area contributed by atoms with Crippen LogP contribution in [0.1, 0.15) is 31.2 Å². The summed E-state index contributed by atoms with van der Waals surface area (Å²) >= 11 is 0. The van der Waals surface area contributed by atoms with Gasteiger partial charge in [0.25, 0.3) is 0 Å². The number of aliphatic hydroxyl groups excluding tert-OH is 1. The van der Waals surface area contributed by atoms with Crippen molar-refractivity contribution in [3.63, 3.8) is 0 Å². The van der Waals surface area contributed by atoms with Gasteiger partial charge in [0.15, 0.2) is 0 Å². The largest absolute Gasteiger partial charge is 0.396 e. The number of aliphatic hydroxyl groups is 1. The van der Waals surface area contributed by atoms with Gasteiger partial charge in [0.05, 0.1) is 0 Å². The van der Waals surface area contributed by atoms with Gasteiger partial charge in [0.1, 0.15) is 0 Å². The van der Waals surface area contributed by atoms with E-state index in [4.69, 9.17) is 0 Å². The van der Waals surface area contributed by atoms with Gasteiger partial charge in [-0.25, -0.2) is 0 Å². The number of hydrogen-bond acceptors (Lipinski definition) is 2. The van der Waals surface area contributed by atoms with Gasteiger partial charge in [-0.05, 0) is 24.0 Å². The zero-order valence-electron chi connectivity index (χ0n) is 11.0. The highest BCUT2D eigenvalue weighted by molar-refractivity contribution is 5.64. The monoisotopic (exact) mass is 245 g/mol. The highest BCUT2D eigenvalue weighted by atomic mass is 16.3. The Morgan fingerprint density at radius 2 is 1.89 bits per heavy atom. The van der Waals surface area contributed by atoms with Gasteiger partial charge < -0.3 is 10.4 Å². The lowest BCUT2D eigenvalue weighted by molar-refractivity contribution is 0.130. The second-order valence-electron chi connectivity index (χ2n) is 5.44. The summed E-state index contributed by atoms with van der Waals surface area (Å²) in [5, 5.41) is 13.0. The SMILES string of the molecule is C=C(CNCC1(CO)CCCC1)c1ccccc1. The van der Waals surface area contributed by atoms with Crippen LogP contribution in [0.15, 0.2) is 36.9 Å². The van der Waals surface area contributed by atoms with Crippen molar-refractivity contribution in [1.29, 1.82) is 0 Å². The van der Waals surface area contributed by atoms with Crippen LogP contribution in [0.3, 0.4) is 0 Å². The molecule has 0 saturated heterocycles. The average Bonchev–Trinajstić information content (AvgIpc) is 2.89.